The Balaban J connectivity index is 0.00000108. The minimum atomic E-state index is 0. The number of aliphatic imine (C=N–C) groups is 1. The zero-order valence-electron chi connectivity index (χ0n) is 9.07. The monoisotopic (exact) mass is 329 g/mol. The summed E-state index contributed by atoms with van der Waals surface area (Å²) in [5.74, 6) is 0. The maximum absolute atomic E-state index is 5.89. The molecule has 0 unspecified atom stereocenters. The molecule has 3 rings (SSSR count). The van der Waals surface area contributed by atoms with Crippen LogP contribution >= 0.6 is 23.4 Å². The first-order valence-electron chi connectivity index (χ1n) is 5.29. The molecule has 0 radical (unpaired) electrons. The van der Waals surface area contributed by atoms with Gasteiger partial charge in [-0.05, 0) is 24.1 Å². The Morgan fingerprint density at radius 3 is 2.76 bits per heavy atom. The summed E-state index contributed by atoms with van der Waals surface area (Å²) < 4.78 is 0. The van der Waals surface area contributed by atoms with E-state index in [9.17, 15) is 0 Å². The lowest BCUT2D eigenvalue weighted by Crippen LogP contribution is -3.00. The van der Waals surface area contributed by atoms with Gasteiger partial charge in [0.05, 0.1) is 5.70 Å². The largest absolute Gasteiger partial charge is 1.00 e. The molecule has 1 aromatic rings. The third-order valence-electron chi connectivity index (χ3n) is 2.72. The van der Waals surface area contributed by atoms with Gasteiger partial charge >= 0.3 is 0 Å². The Kier molecular flexibility index (Phi) is 4.17. The number of fused-ring (bicyclic) bond motifs is 1. The molecule has 90 valence electrons. The zero-order chi connectivity index (χ0) is 11.0. The van der Waals surface area contributed by atoms with E-state index in [1.54, 1.807) is 11.8 Å². The molecule has 0 bridgehead atoms. The Hall–Kier alpha value is -0.450. The van der Waals surface area contributed by atoms with Crippen molar-refractivity contribution in [1.29, 1.82) is 0 Å². The molecule has 0 N–H and O–H groups in total. The smallest absolute Gasteiger partial charge is 0.168 e. The fourth-order valence-corrected chi connectivity index (χ4v) is 3.01. The Morgan fingerprint density at radius 2 is 2.00 bits per heavy atom. The van der Waals surface area contributed by atoms with Crippen LogP contribution in [0.4, 0.5) is 0 Å². The van der Waals surface area contributed by atoms with Gasteiger partial charge < -0.3 is 21.9 Å². The van der Waals surface area contributed by atoms with E-state index < -0.39 is 0 Å². The number of thioether (sulfide) groups is 1. The van der Waals surface area contributed by atoms with Crippen LogP contribution in [-0.2, 0) is 0 Å². The molecule has 2 aliphatic rings. The Labute approximate surface area is 121 Å². The van der Waals surface area contributed by atoms with Crippen molar-refractivity contribution in [2.45, 2.75) is 6.42 Å². The van der Waals surface area contributed by atoms with E-state index in [4.69, 9.17) is 11.6 Å². The number of hydrogen-bond acceptors (Lipinski definition) is 3. The highest BCUT2D eigenvalue weighted by molar-refractivity contribution is 8.16. The summed E-state index contributed by atoms with van der Waals surface area (Å²) in [5, 5.41) is 4.09. The standard InChI is InChI=1S/C12H11ClN2S.BrH/c13-10-4-2-9(3-5-10)11-8-16-12-14-6-1-7-15(11)12;/h2-5,8H,1,6-7H2;1H/p-1. The topological polar surface area (TPSA) is 15.6 Å². The molecule has 1 aromatic carbocycles. The quantitative estimate of drug-likeness (QED) is 0.743. The number of nitrogens with zero attached hydrogens (tertiary/aromatic N) is 2. The summed E-state index contributed by atoms with van der Waals surface area (Å²) in [4.78, 5) is 6.80. The number of halogens is 2. The van der Waals surface area contributed by atoms with Crippen LogP contribution in [0.25, 0.3) is 5.70 Å². The van der Waals surface area contributed by atoms with Gasteiger partial charge in [-0.2, -0.15) is 0 Å². The molecule has 0 saturated carbocycles. The molecule has 0 fully saturated rings. The predicted octanol–water partition coefficient (Wildman–Crippen LogP) is 0.451. The molecular weight excluding hydrogens is 320 g/mol. The van der Waals surface area contributed by atoms with E-state index in [0.29, 0.717) is 0 Å². The number of amidine groups is 1. The molecule has 2 heterocycles. The van der Waals surface area contributed by atoms with Gasteiger partial charge in [0, 0.05) is 23.5 Å². The molecule has 2 nitrogen and oxygen atoms in total. The van der Waals surface area contributed by atoms with Gasteiger partial charge in [0.15, 0.2) is 5.17 Å². The van der Waals surface area contributed by atoms with Crippen LogP contribution in [0.15, 0.2) is 34.7 Å². The SMILES string of the molecule is Clc1ccc(C2=CSC3=NCCCN23)cc1.[Br-]. The van der Waals surface area contributed by atoms with Crippen molar-refractivity contribution >= 4 is 34.2 Å². The van der Waals surface area contributed by atoms with E-state index in [1.807, 2.05) is 12.1 Å². The van der Waals surface area contributed by atoms with Gasteiger partial charge in [0.1, 0.15) is 0 Å². The first kappa shape index (κ1) is 13.0. The zero-order valence-corrected chi connectivity index (χ0v) is 12.2. The lowest BCUT2D eigenvalue weighted by atomic mass is 10.1. The Bertz CT molecular complexity index is 470. The summed E-state index contributed by atoms with van der Waals surface area (Å²) in [6, 6.07) is 7.99. The van der Waals surface area contributed by atoms with Crippen molar-refractivity contribution in [2.75, 3.05) is 13.1 Å². The first-order valence-corrected chi connectivity index (χ1v) is 6.55. The molecule has 5 heteroatoms. The fraction of sp³-hybridized carbons (Fsp3) is 0.250. The van der Waals surface area contributed by atoms with Crippen LogP contribution in [-0.4, -0.2) is 23.2 Å². The van der Waals surface area contributed by atoms with Gasteiger partial charge in [-0.3, -0.25) is 4.99 Å². The van der Waals surface area contributed by atoms with Crippen LogP contribution in [0, 0.1) is 0 Å². The van der Waals surface area contributed by atoms with Crippen LogP contribution in [0.3, 0.4) is 0 Å². The molecule has 0 amide bonds. The number of rotatable bonds is 1. The Morgan fingerprint density at radius 1 is 1.24 bits per heavy atom. The van der Waals surface area contributed by atoms with Crippen LogP contribution in [0.2, 0.25) is 5.02 Å². The molecule has 0 aliphatic carbocycles. The number of benzene rings is 1. The minimum absolute atomic E-state index is 0. The minimum Gasteiger partial charge on any atom is -1.00 e. The summed E-state index contributed by atoms with van der Waals surface area (Å²) in [6.45, 7) is 2.03. The second-order valence-corrected chi connectivity index (χ2v) is 5.07. The van der Waals surface area contributed by atoms with Gasteiger partial charge in [0.2, 0.25) is 0 Å². The van der Waals surface area contributed by atoms with Gasteiger partial charge in [-0.1, -0.05) is 35.5 Å². The second kappa shape index (κ2) is 5.46. The van der Waals surface area contributed by atoms with Crippen molar-refractivity contribution in [1.82, 2.24) is 4.90 Å². The third-order valence-corrected chi connectivity index (χ3v) is 3.88. The van der Waals surface area contributed by atoms with Crippen molar-refractivity contribution in [2.24, 2.45) is 4.99 Å². The highest BCUT2D eigenvalue weighted by atomic mass is 79.9. The molecule has 2 aliphatic heterocycles. The van der Waals surface area contributed by atoms with E-state index in [0.717, 1.165) is 29.7 Å². The fourth-order valence-electron chi connectivity index (χ4n) is 1.93. The van der Waals surface area contributed by atoms with Crippen LogP contribution in [0.5, 0.6) is 0 Å². The van der Waals surface area contributed by atoms with Crippen molar-refractivity contribution in [3.05, 3.63) is 40.3 Å². The van der Waals surface area contributed by atoms with Crippen molar-refractivity contribution in [3.63, 3.8) is 0 Å². The number of hydrogen-bond donors (Lipinski definition) is 0. The lowest BCUT2D eigenvalue weighted by molar-refractivity contribution is -0.00000305. The highest BCUT2D eigenvalue weighted by Gasteiger charge is 2.25. The molecule has 0 spiro atoms. The summed E-state index contributed by atoms with van der Waals surface area (Å²) in [6.07, 6.45) is 1.13. The lowest BCUT2D eigenvalue weighted by Gasteiger charge is -2.25. The van der Waals surface area contributed by atoms with E-state index >= 15 is 0 Å². The third kappa shape index (κ3) is 2.54. The van der Waals surface area contributed by atoms with E-state index in [2.05, 4.69) is 27.4 Å². The summed E-state index contributed by atoms with van der Waals surface area (Å²) in [5.41, 5.74) is 2.46. The van der Waals surface area contributed by atoms with Gasteiger partial charge in [0.25, 0.3) is 0 Å². The maximum Gasteiger partial charge on any atom is 0.168 e. The van der Waals surface area contributed by atoms with Crippen LogP contribution in [0.1, 0.15) is 12.0 Å². The molecular formula is C12H11BrClN2S-. The van der Waals surface area contributed by atoms with E-state index in [-0.39, 0.29) is 17.0 Å². The average Bonchev–Trinajstić information content (AvgIpc) is 2.74. The first-order chi connectivity index (χ1) is 7.84. The molecule has 0 atom stereocenters. The van der Waals surface area contributed by atoms with Gasteiger partial charge in [-0.25, -0.2) is 0 Å². The van der Waals surface area contributed by atoms with Crippen molar-refractivity contribution in [3.8, 4) is 0 Å². The van der Waals surface area contributed by atoms with Crippen LogP contribution < -0.4 is 17.0 Å². The average molecular weight is 331 g/mol. The van der Waals surface area contributed by atoms with E-state index in [1.165, 1.54) is 11.3 Å². The molecule has 0 saturated heterocycles. The highest BCUT2D eigenvalue weighted by Crippen LogP contribution is 2.35. The predicted molar refractivity (Wildman–Crippen MR) is 70.6 cm³/mol. The second-order valence-electron chi connectivity index (χ2n) is 3.80. The van der Waals surface area contributed by atoms with Crippen molar-refractivity contribution < 1.29 is 17.0 Å². The maximum atomic E-state index is 5.89. The molecule has 17 heavy (non-hydrogen) atoms. The van der Waals surface area contributed by atoms with Gasteiger partial charge in [-0.15, -0.1) is 0 Å². The summed E-state index contributed by atoms with van der Waals surface area (Å²) >= 11 is 7.61. The molecule has 0 aromatic heterocycles. The normalized spacial score (nSPS) is 18.1. The summed E-state index contributed by atoms with van der Waals surface area (Å²) in [7, 11) is 0.